The highest BCUT2D eigenvalue weighted by atomic mass is 32.2. The molecule has 1 aromatic carbocycles. The SMILES string of the molecule is C[C@@H](OC(=O)CSCc1cccs1)C(=O)Nc1cc(F)ccc1F. The summed E-state index contributed by atoms with van der Waals surface area (Å²) >= 11 is 2.97. The zero-order chi connectivity index (χ0) is 17.5. The number of nitrogens with one attached hydrogen (secondary N) is 1. The van der Waals surface area contributed by atoms with Gasteiger partial charge in [-0.3, -0.25) is 9.59 Å². The molecule has 0 radical (unpaired) electrons. The van der Waals surface area contributed by atoms with Gasteiger partial charge in [0.05, 0.1) is 11.4 Å². The van der Waals surface area contributed by atoms with Gasteiger partial charge in [0.15, 0.2) is 6.10 Å². The van der Waals surface area contributed by atoms with Crippen molar-refractivity contribution in [2.75, 3.05) is 11.1 Å². The third-order valence-electron chi connectivity index (χ3n) is 2.91. The second kappa shape index (κ2) is 8.79. The largest absolute Gasteiger partial charge is 0.452 e. The molecule has 1 amide bonds. The Hall–Kier alpha value is -1.93. The van der Waals surface area contributed by atoms with Crippen LogP contribution in [0.1, 0.15) is 11.8 Å². The first-order chi connectivity index (χ1) is 11.5. The number of thioether (sulfide) groups is 1. The highest BCUT2D eigenvalue weighted by molar-refractivity contribution is 7.99. The summed E-state index contributed by atoms with van der Waals surface area (Å²) in [6.07, 6.45) is -1.11. The summed E-state index contributed by atoms with van der Waals surface area (Å²) in [7, 11) is 0. The minimum absolute atomic E-state index is 0.101. The van der Waals surface area contributed by atoms with Crippen LogP contribution in [0.3, 0.4) is 0 Å². The lowest BCUT2D eigenvalue weighted by atomic mass is 10.2. The number of amides is 1. The number of rotatable bonds is 7. The lowest BCUT2D eigenvalue weighted by molar-refractivity contribution is -0.150. The van der Waals surface area contributed by atoms with E-state index in [1.54, 1.807) is 11.3 Å². The quantitative estimate of drug-likeness (QED) is 0.752. The van der Waals surface area contributed by atoms with Gasteiger partial charge in [-0.2, -0.15) is 0 Å². The molecule has 0 aliphatic carbocycles. The van der Waals surface area contributed by atoms with Crippen LogP contribution in [0, 0.1) is 11.6 Å². The van der Waals surface area contributed by atoms with Crippen LogP contribution in [0.15, 0.2) is 35.7 Å². The van der Waals surface area contributed by atoms with Crippen molar-refractivity contribution < 1.29 is 23.1 Å². The molecule has 0 aliphatic heterocycles. The number of hydrogen-bond donors (Lipinski definition) is 1. The third kappa shape index (κ3) is 5.61. The predicted octanol–water partition coefficient (Wildman–Crippen LogP) is 3.83. The number of ether oxygens (including phenoxy) is 1. The van der Waals surface area contributed by atoms with Gasteiger partial charge in [0, 0.05) is 16.7 Å². The predicted molar refractivity (Wildman–Crippen MR) is 91.0 cm³/mol. The second-order valence-electron chi connectivity index (χ2n) is 4.82. The lowest BCUT2D eigenvalue weighted by Gasteiger charge is -2.13. The van der Waals surface area contributed by atoms with Gasteiger partial charge in [-0.05, 0) is 30.5 Å². The first-order valence-electron chi connectivity index (χ1n) is 7.01. The molecule has 24 heavy (non-hydrogen) atoms. The summed E-state index contributed by atoms with van der Waals surface area (Å²) in [5, 5.41) is 4.15. The van der Waals surface area contributed by atoms with E-state index in [0.29, 0.717) is 5.75 Å². The van der Waals surface area contributed by atoms with E-state index in [1.807, 2.05) is 17.5 Å². The molecule has 0 fully saturated rings. The second-order valence-corrected chi connectivity index (χ2v) is 6.84. The first kappa shape index (κ1) is 18.4. The molecular weight excluding hydrogens is 356 g/mol. The molecule has 0 saturated carbocycles. The fourth-order valence-electron chi connectivity index (χ4n) is 1.74. The molecule has 0 spiro atoms. The maximum atomic E-state index is 13.5. The molecule has 0 bridgehead atoms. The Morgan fingerprint density at radius 1 is 1.33 bits per heavy atom. The van der Waals surface area contributed by atoms with Crippen molar-refractivity contribution in [3.63, 3.8) is 0 Å². The average Bonchev–Trinajstić information content (AvgIpc) is 3.04. The van der Waals surface area contributed by atoms with Gasteiger partial charge in [0.25, 0.3) is 5.91 Å². The van der Waals surface area contributed by atoms with Crippen molar-refractivity contribution in [2.45, 2.75) is 18.8 Å². The van der Waals surface area contributed by atoms with Crippen molar-refractivity contribution in [1.29, 1.82) is 0 Å². The Balaban J connectivity index is 1.78. The Morgan fingerprint density at radius 2 is 2.12 bits per heavy atom. The number of anilines is 1. The van der Waals surface area contributed by atoms with Gasteiger partial charge in [-0.25, -0.2) is 8.78 Å². The van der Waals surface area contributed by atoms with E-state index in [-0.39, 0.29) is 11.4 Å². The van der Waals surface area contributed by atoms with Gasteiger partial charge in [-0.15, -0.1) is 23.1 Å². The van der Waals surface area contributed by atoms with Gasteiger partial charge in [0.1, 0.15) is 11.6 Å². The zero-order valence-corrected chi connectivity index (χ0v) is 14.4. The van der Waals surface area contributed by atoms with Crippen LogP contribution in [0.4, 0.5) is 14.5 Å². The van der Waals surface area contributed by atoms with Crippen LogP contribution in [0.25, 0.3) is 0 Å². The fraction of sp³-hybridized carbons (Fsp3) is 0.250. The van der Waals surface area contributed by atoms with Crippen molar-refractivity contribution in [3.05, 3.63) is 52.2 Å². The molecule has 1 aromatic heterocycles. The molecule has 8 heteroatoms. The molecule has 1 N–H and O–H groups in total. The van der Waals surface area contributed by atoms with Gasteiger partial charge >= 0.3 is 5.97 Å². The van der Waals surface area contributed by atoms with E-state index in [2.05, 4.69) is 5.32 Å². The molecule has 1 heterocycles. The fourth-order valence-corrected chi connectivity index (χ4v) is 3.39. The van der Waals surface area contributed by atoms with Crippen LogP contribution in [0.5, 0.6) is 0 Å². The van der Waals surface area contributed by atoms with E-state index >= 15 is 0 Å². The molecular formula is C16H15F2NO3S2. The molecule has 128 valence electrons. The van der Waals surface area contributed by atoms with E-state index < -0.39 is 29.6 Å². The summed E-state index contributed by atoms with van der Waals surface area (Å²) in [6.45, 7) is 1.37. The summed E-state index contributed by atoms with van der Waals surface area (Å²) in [6, 6.07) is 6.60. The highest BCUT2D eigenvalue weighted by Gasteiger charge is 2.19. The topological polar surface area (TPSA) is 55.4 Å². The van der Waals surface area contributed by atoms with E-state index in [4.69, 9.17) is 4.74 Å². The lowest BCUT2D eigenvalue weighted by Crippen LogP contribution is -2.30. The Morgan fingerprint density at radius 3 is 2.83 bits per heavy atom. The first-order valence-corrected chi connectivity index (χ1v) is 9.04. The van der Waals surface area contributed by atoms with E-state index in [1.165, 1.54) is 18.7 Å². The molecule has 2 aromatic rings. The highest BCUT2D eigenvalue weighted by Crippen LogP contribution is 2.18. The number of carbonyl (C=O) groups is 2. The standard InChI is InChI=1S/C16H15F2NO3S2/c1-10(16(21)19-14-7-11(17)4-5-13(14)18)22-15(20)9-23-8-12-3-2-6-24-12/h2-7,10H,8-9H2,1H3,(H,19,21)/t10-/m1/s1. The number of benzene rings is 1. The maximum Gasteiger partial charge on any atom is 0.316 e. The van der Waals surface area contributed by atoms with Crippen LogP contribution in [-0.4, -0.2) is 23.7 Å². The van der Waals surface area contributed by atoms with Crippen molar-refractivity contribution in [1.82, 2.24) is 0 Å². The van der Waals surface area contributed by atoms with Crippen LogP contribution in [-0.2, 0) is 20.1 Å². The molecule has 4 nitrogen and oxygen atoms in total. The molecule has 1 atom stereocenters. The Bertz CT molecular complexity index is 707. The number of esters is 1. The molecule has 0 saturated heterocycles. The molecule has 0 aliphatic rings. The summed E-state index contributed by atoms with van der Waals surface area (Å²) in [5.74, 6) is -1.93. The van der Waals surface area contributed by atoms with E-state index in [9.17, 15) is 18.4 Å². The number of halogens is 2. The van der Waals surface area contributed by atoms with Gasteiger partial charge in [0.2, 0.25) is 0 Å². The minimum Gasteiger partial charge on any atom is -0.452 e. The normalized spacial score (nSPS) is 11.8. The van der Waals surface area contributed by atoms with Crippen LogP contribution in [0.2, 0.25) is 0 Å². The number of thiophene rings is 1. The zero-order valence-electron chi connectivity index (χ0n) is 12.8. The summed E-state index contributed by atoms with van der Waals surface area (Å²) < 4.78 is 31.5. The minimum atomic E-state index is -1.11. The van der Waals surface area contributed by atoms with Crippen molar-refractivity contribution in [3.8, 4) is 0 Å². The van der Waals surface area contributed by atoms with E-state index in [0.717, 1.165) is 23.1 Å². The smallest absolute Gasteiger partial charge is 0.316 e. The monoisotopic (exact) mass is 371 g/mol. The number of hydrogen-bond acceptors (Lipinski definition) is 5. The van der Waals surface area contributed by atoms with Crippen molar-refractivity contribution in [2.24, 2.45) is 0 Å². The summed E-state index contributed by atoms with van der Waals surface area (Å²) in [4.78, 5) is 24.7. The third-order valence-corrected chi connectivity index (χ3v) is 4.92. The van der Waals surface area contributed by atoms with Gasteiger partial charge in [-0.1, -0.05) is 6.07 Å². The van der Waals surface area contributed by atoms with Gasteiger partial charge < -0.3 is 10.1 Å². The summed E-state index contributed by atoms with van der Waals surface area (Å²) in [5.41, 5.74) is -0.296. The Kier molecular flexibility index (Phi) is 6.74. The molecule has 2 rings (SSSR count). The van der Waals surface area contributed by atoms with Crippen LogP contribution >= 0.6 is 23.1 Å². The van der Waals surface area contributed by atoms with Crippen molar-refractivity contribution >= 4 is 40.7 Å². The van der Waals surface area contributed by atoms with Crippen LogP contribution < -0.4 is 5.32 Å². The Labute approximate surface area is 146 Å². The molecule has 0 unspecified atom stereocenters. The average molecular weight is 371 g/mol. The maximum absolute atomic E-state index is 13.5. The number of carbonyl (C=O) groups excluding carboxylic acids is 2.